The van der Waals surface area contributed by atoms with E-state index in [1.165, 1.54) is 12.3 Å². The van der Waals surface area contributed by atoms with Gasteiger partial charge in [0.1, 0.15) is 11.6 Å². The topological polar surface area (TPSA) is 70.4 Å². The van der Waals surface area contributed by atoms with Gasteiger partial charge in [0, 0.05) is 58.2 Å². The molecule has 1 aromatic heterocycles. The smallest absolute Gasteiger partial charge is 0.220 e. The number of aryl methyl sites for hydroxylation is 1. The van der Waals surface area contributed by atoms with Gasteiger partial charge < -0.3 is 15.1 Å². The normalized spacial score (nSPS) is 15.2. The summed E-state index contributed by atoms with van der Waals surface area (Å²) in [6.45, 7) is 5.39. The molecule has 0 aliphatic carbocycles. The zero-order valence-corrected chi connectivity index (χ0v) is 14.4. The van der Waals surface area contributed by atoms with E-state index in [2.05, 4.69) is 20.5 Å². The predicted molar refractivity (Wildman–Crippen MR) is 92.5 cm³/mol. The van der Waals surface area contributed by atoms with Crippen molar-refractivity contribution < 1.29 is 18.0 Å². The summed E-state index contributed by atoms with van der Waals surface area (Å²) in [5.74, 6) is -0.868. The van der Waals surface area contributed by atoms with E-state index >= 15 is 0 Å². The van der Waals surface area contributed by atoms with Gasteiger partial charge in [-0.05, 0) is 12.1 Å². The largest absolute Gasteiger partial charge is 0.441 e. The molecule has 0 radical (unpaired) electrons. The van der Waals surface area contributed by atoms with Crippen molar-refractivity contribution in [2.45, 2.75) is 12.8 Å². The number of carbonyl (C=O) groups is 1. The molecule has 26 heavy (non-hydrogen) atoms. The molecule has 1 saturated heterocycles. The molecule has 1 aromatic carbocycles. The Morgan fingerprint density at radius 2 is 2.12 bits per heavy atom. The Morgan fingerprint density at radius 3 is 2.88 bits per heavy atom. The molecule has 1 fully saturated rings. The van der Waals surface area contributed by atoms with Crippen molar-refractivity contribution in [3.8, 4) is 11.3 Å². The van der Waals surface area contributed by atoms with Crippen molar-refractivity contribution in [2.24, 2.45) is 0 Å². The number of piperazine rings is 1. The summed E-state index contributed by atoms with van der Waals surface area (Å²) < 4.78 is 32.2. The number of carbonyl (C=O) groups excluding carboxylic acids is 1. The number of halogens is 2. The molecule has 0 atom stereocenters. The number of benzene rings is 1. The number of amides is 1. The predicted octanol–water partition coefficient (Wildman–Crippen LogP) is 1.57. The third-order valence-electron chi connectivity index (χ3n) is 4.28. The first-order chi connectivity index (χ1) is 12.6. The van der Waals surface area contributed by atoms with Gasteiger partial charge in [0.05, 0.1) is 11.8 Å². The van der Waals surface area contributed by atoms with E-state index in [0.29, 0.717) is 18.9 Å². The molecule has 2 N–H and O–H groups in total. The Labute approximate surface area is 150 Å². The van der Waals surface area contributed by atoms with Gasteiger partial charge in [-0.25, -0.2) is 13.8 Å². The van der Waals surface area contributed by atoms with Gasteiger partial charge in [0.25, 0.3) is 0 Å². The van der Waals surface area contributed by atoms with Crippen molar-refractivity contribution >= 4 is 5.91 Å². The van der Waals surface area contributed by atoms with Crippen LogP contribution in [-0.2, 0) is 11.2 Å². The Balaban J connectivity index is 1.43. The Morgan fingerprint density at radius 1 is 1.31 bits per heavy atom. The molecule has 0 saturated carbocycles. The lowest BCUT2D eigenvalue weighted by molar-refractivity contribution is -0.121. The lowest BCUT2D eigenvalue weighted by Gasteiger charge is -2.27. The van der Waals surface area contributed by atoms with Crippen molar-refractivity contribution in [3.63, 3.8) is 0 Å². The number of hydrogen-bond acceptors (Lipinski definition) is 5. The maximum Gasteiger partial charge on any atom is 0.220 e. The zero-order chi connectivity index (χ0) is 18.4. The van der Waals surface area contributed by atoms with Crippen LogP contribution < -0.4 is 10.6 Å². The maximum absolute atomic E-state index is 13.8. The van der Waals surface area contributed by atoms with Crippen molar-refractivity contribution in [2.75, 3.05) is 39.3 Å². The molecule has 140 valence electrons. The molecule has 0 spiro atoms. The molecule has 0 bridgehead atoms. The van der Waals surface area contributed by atoms with Crippen LogP contribution in [0.5, 0.6) is 0 Å². The lowest BCUT2D eigenvalue weighted by atomic mass is 10.2. The minimum atomic E-state index is -0.710. The third-order valence-corrected chi connectivity index (χ3v) is 4.28. The second kappa shape index (κ2) is 8.86. The molecule has 3 rings (SSSR count). The Hall–Kier alpha value is -2.32. The molecular formula is C18H22F2N4O2. The highest BCUT2D eigenvalue weighted by Gasteiger charge is 2.13. The first-order valence-corrected chi connectivity index (χ1v) is 8.72. The number of nitrogens with zero attached hydrogens (tertiary/aromatic N) is 2. The summed E-state index contributed by atoms with van der Waals surface area (Å²) in [6.07, 6.45) is 1.95. The SMILES string of the molecule is O=C(CCc1ncc(-c2ccc(F)cc2F)o1)NCCN1CCNCC1. The number of rotatable bonds is 7. The molecule has 1 aliphatic heterocycles. The van der Waals surface area contributed by atoms with E-state index in [0.717, 1.165) is 44.9 Å². The molecule has 2 heterocycles. The van der Waals surface area contributed by atoms with Crippen LogP contribution in [0.3, 0.4) is 0 Å². The number of oxazole rings is 1. The quantitative estimate of drug-likeness (QED) is 0.781. The van der Waals surface area contributed by atoms with E-state index in [1.54, 1.807) is 0 Å². The zero-order valence-electron chi connectivity index (χ0n) is 14.4. The van der Waals surface area contributed by atoms with E-state index in [9.17, 15) is 13.6 Å². The summed E-state index contributed by atoms with van der Waals surface area (Å²) in [7, 11) is 0. The van der Waals surface area contributed by atoms with Crippen molar-refractivity contribution in [1.82, 2.24) is 20.5 Å². The van der Waals surface area contributed by atoms with Gasteiger partial charge >= 0.3 is 0 Å². The summed E-state index contributed by atoms with van der Waals surface area (Å²) >= 11 is 0. The van der Waals surface area contributed by atoms with Gasteiger partial charge in [-0.3, -0.25) is 9.69 Å². The van der Waals surface area contributed by atoms with Crippen LogP contribution in [0.4, 0.5) is 8.78 Å². The minimum absolute atomic E-state index is 0.0761. The second-order valence-corrected chi connectivity index (χ2v) is 6.18. The number of nitrogens with one attached hydrogen (secondary N) is 2. The fourth-order valence-corrected chi connectivity index (χ4v) is 2.84. The standard InChI is InChI=1S/C18H22F2N4O2/c19-13-1-2-14(15(20)11-13)16-12-23-18(26-16)4-3-17(25)22-7-10-24-8-5-21-6-9-24/h1-2,11-12,21H,3-10H2,(H,22,25). The monoisotopic (exact) mass is 364 g/mol. The Kier molecular flexibility index (Phi) is 6.30. The highest BCUT2D eigenvalue weighted by Crippen LogP contribution is 2.24. The molecule has 2 aromatic rings. The first kappa shape index (κ1) is 18.5. The van der Waals surface area contributed by atoms with Crippen LogP contribution in [-0.4, -0.2) is 55.1 Å². The average molecular weight is 364 g/mol. The van der Waals surface area contributed by atoms with E-state index < -0.39 is 11.6 Å². The lowest BCUT2D eigenvalue weighted by Crippen LogP contribution is -2.46. The fraction of sp³-hybridized carbons (Fsp3) is 0.444. The van der Waals surface area contributed by atoms with E-state index in [-0.39, 0.29) is 23.7 Å². The first-order valence-electron chi connectivity index (χ1n) is 8.72. The molecule has 6 nitrogen and oxygen atoms in total. The molecular weight excluding hydrogens is 342 g/mol. The van der Waals surface area contributed by atoms with Gasteiger partial charge in [0.15, 0.2) is 11.7 Å². The average Bonchev–Trinajstić information content (AvgIpc) is 3.09. The van der Waals surface area contributed by atoms with Gasteiger partial charge in [-0.15, -0.1) is 0 Å². The maximum atomic E-state index is 13.8. The van der Waals surface area contributed by atoms with Crippen LogP contribution in [0.25, 0.3) is 11.3 Å². The number of hydrogen-bond donors (Lipinski definition) is 2. The van der Waals surface area contributed by atoms with Crippen molar-refractivity contribution in [1.29, 1.82) is 0 Å². The number of aromatic nitrogens is 1. The molecule has 8 heteroatoms. The summed E-state index contributed by atoms with van der Waals surface area (Å²) in [4.78, 5) is 18.3. The summed E-state index contributed by atoms with van der Waals surface area (Å²) in [5.41, 5.74) is 0.144. The van der Waals surface area contributed by atoms with Crippen LogP contribution in [0.1, 0.15) is 12.3 Å². The van der Waals surface area contributed by atoms with Gasteiger partial charge in [0.2, 0.25) is 5.91 Å². The highest BCUT2D eigenvalue weighted by molar-refractivity contribution is 5.76. The molecule has 0 unspecified atom stereocenters. The van der Waals surface area contributed by atoms with Gasteiger partial charge in [-0.1, -0.05) is 0 Å². The van der Waals surface area contributed by atoms with Crippen LogP contribution in [0.2, 0.25) is 0 Å². The third kappa shape index (κ3) is 5.09. The fourth-order valence-electron chi connectivity index (χ4n) is 2.84. The summed E-state index contributed by atoms with van der Waals surface area (Å²) in [5, 5.41) is 6.17. The second-order valence-electron chi connectivity index (χ2n) is 6.18. The summed E-state index contributed by atoms with van der Waals surface area (Å²) in [6, 6.07) is 3.26. The van der Waals surface area contributed by atoms with E-state index in [4.69, 9.17) is 4.42 Å². The molecule has 1 aliphatic rings. The Bertz CT molecular complexity index is 745. The van der Waals surface area contributed by atoms with Crippen LogP contribution in [0.15, 0.2) is 28.8 Å². The molecule has 1 amide bonds. The minimum Gasteiger partial charge on any atom is -0.441 e. The van der Waals surface area contributed by atoms with Crippen LogP contribution in [0, 0.1) is 11.6 Å². The van der Waals surface area contributed by atoms with Crippen molar-refractivity contribution in [3.05, 3.63) is 41.9 Å². The van der Waals surface area contributed by atoms with E-state index in [1.807, 2.05) is 0 Å². The highest BCUT2D eigenvalue weighted by atomic mass is 19.1. The van der Waals surface area contributed by atoms with Crippen LogP contribution >= 0.6 is 0 Å². The van der Waals surface area contributed by atoms with Gasteiger partial charge in [-0.2, -0.15) is 0 Å².